The molecule has 0 heterocycles. The maximum Gasteiger partial charge on any atom is 0.0717 e. The molecule has 17 heavy (non-hydrogen) atoms. The van der Waals surface area contributed by atoms with Gasteiger partial charge in [0.05, 0.1) is 6.61 Å². The van der Waals surface area contributed by atoms with E-state index in [-0.39, 0.29) is 0 Å². The summed E-state index contributed by atoms with van der Waals surface area (Å²) in [5, 5.41) is 8.14. The molecule has 0 aliphatic carbocycles. The van der Waals surface area contributed by atoms with E-state index in [1.807, 2.05) is 32.0 Å². The van der Waals surface area contributed by atoms with Crippen molar-refractivity contribution in [1.82, 2.24) is 0 Å². The maximum absolute atomic E-state index is 8.14. The van der Waals surface area contributed by atoms with Gasteiger partial charge < -0.3 is 9.84 Å². The fourth-order valence-electron chi connectivity index (χ4n) is 0.987. The number of ether oxygens (including phenoxy) is 1. The van der Waals surface area contributed by atoms with Crippen LogP contribution in [0.15, 0.2) is 30.3 Å². The lowest BCUT2D eigenvalue weighted by molar-refractivity contribution is 0.0971. The summed E-state index contributed by atoms with van der Waals surface area (Å²) < 4.78 is 5.48. The van der Waals surface area contributed by atoms with Crippen molar-refractivity contribution < 1.29 is 9.84 Å². The first-order chi connectivity index (χ1) is 8.06. The molecule has 0 amide bonds. The van der Waals surface area contributed by atoms with E-state index in [1.165, 1.54) is 5.56 Å². The maximum atomic E-state index is 8.14. The largest absolute Gasteiger partial charge is 0.396 e. The molecule has 0 atom stereocenters. The van der Waals surface area contributed by atoms with E-state index >= 15 is 0 Å². The van der Waals surface area contributed by atoms with E-state index in [0.717, 1.165) is 13.2 Å². The highest BCUT2D eigenvalue weighted by atomic mass is 16.5. The zero-order valence-electron chi connectivity index (χ0n) is 11.5. The zero-order valence-corrected chi connectivity index (χ0v) is 11.5. The van der Waals surface area contributed by atoms with Gasteiger partial charge in [-0.3, -0.25) is 0 Å². The van der Waals surface area contributed by atoms with Gasteiger partial charge in [-0.25, -0.2) is 0 Å². The molecule has 98 valence electrons. The van der Waals surface area contributed by atoms with Crippen molar-refractivity contribution >= 4 is 0 Å². The van der Waals surface area contributed by atoms with Gasteiger partial charge in [0, 0.05) is 13.2 Å². The average molecular weight is 238 g/mol. The standard InChI is InChI=1S/C11H16O.C4H10O/c1-10(2)8-12-9-11-6-4-3-5-7-11;1-4(2)3-5/h3-7,10H,8-9H2,1-2H3;4-5H,3H2,1-2H3. The highest BCUT2D eigenvalue weighted by Crippen LogP contribution is 2.02. The minimum atomic E-state index is 0.306. The van der Waals surface area contributed by atoms with E-state index in [0.29, 0.717) is 18.4 Å². The first kappa shape index (κ1) is 16.1. The van der Waals surface area contributed by atoms with Crippen molar-refractivity contribution in [3.8, 4) is 0 Å². The van der Waals surface area contributed by atoms with Crippen LogP contribution < -0.4 is 0 Å². The molecule has 0 aliphatic heterocycles. The third-order valence-electron chi connectivity index (χ3n) is 1.93. The summed E-state index contributed by atoms with van der Waals surface area (Å²) in [6.07, 6.45) is 0. The van der Waals surface area contributed by atoms with Crippen molar-refractivity contribution in [1.29, 1.82) is 0 Å². The summed E-state index contributed by atoms with van der Waals surface area (Å²) in [6.45, 7) is 10.1. The van der Waals surface area contributed by atoms with Gasteiger partial charge in [0.25, 0.3) is 0 Å². The zero-order chi connectivity index (χ0) is 13.1. The summed E-state index contributed by atoms with van der Waals surface area (Å²) in [7, 11) is 0. The van der Waals surface area contributed by atoms with Crippen LogP contribution in [0.5, 0.6) is 0 Å². The minimum Gasteiger partial charge on any atom is -0.396 e. The van der Waals surface area contributed by atoms with E-state index < -0.39 is 0 Å². The Kier molecular flexibility index (Phi) is 9.78. The van der Waals surface area contributed by atoms with Gasteiger partial charge in [-0.2, -0.15) is 0 Å². The van der Waals surface area contributed by atoms with Crippen molar-refractivity contribution in [3.05, 3.63) is 35.9 Å². The number of aliphatic hydroxyl groups excluding tert-OH is 1. The lowest BCUT2D eigenvalue weighted by atomic mass is 10.2. The van der Waals surface area contributed by atoms with Crippen LogP contribution in [-0.2, 0) is 11.3 Å². The van der Waals surface area contributed by atoms with E-state index in [2.05, 4.69) is 26.0 Å². The summed E-state index contributed by atoms with van der Waals surface area (Å²) in [5.41, 5.74) is 1.25. The quantitative estimate of drug-likeness (QED) is 0.851. The van der Waals surface area contributed by atoms with Crippen LogP contribution >= 0.6 is 0 Å². The number of benzene rings is 1. The highest BCUT2D eigenvalue weighted by Gasteiger charge is 1.94. The van der Waals surface area contributed by atoms with Gasteiger partial charge in [0.1, 0.15) is 0 Å². The normalized spacial score (nSPS) is 10.3. The topological polar surface area (TPSA) is 29.5 Å². The molecule has 0 aromatic heterocycles. The second-order valence-corrected chi connectivity index (χ2v) is 4.97. The molecule has 2 heteroatoms. The molecule has 0 spiro atoms. The fourth-order valence-corrected chi connectivity index (χ4v) is 0.987. The van der Waals surface area contributed by atoms with Crippen LogP contribution in [0.4, 0.5) is 0 Å². The van der Waals surface area contributed by atoms with Gasteiger partial charge in [-0.05, 0) is 17.4 Å². The van der Waals surface area contributed by atoms with Gasteiger partial charge >= 0.3 is 0 Å². The third kappa shape index (κ3) is 11.4. The number of hydrogen-bond donors (Lipinski definition) is 1. The van der Waals surface area contributed by atoms with Gasteiger partial charge in [0.2, 0.25) is 0 Å². The second-order valence-electron chi connectivity index (χ2n) is 4.97. The molecule has 0 bridgehead atoms. The Morgan fingerprint density at radius 2 is 1.53 bits per heavy atom. The van der Waals surface area contributed by atoms with Crippen molar-refractivity contribution in [2.24, 2.45) is 11.8 Å². The van der Waals surface area contributed by atoms with Crippen LogP contribution in [0.1, 0.15) is 33.3 Å². The molecular weight excluding hydrogens is 212 g/mol. The Morgan fingerprint density at radius 3 is 1.94 bits per heavy atom. The molecule has 0 aliphatic rings. The molecule has 1 aromatic rings. The average Bonchev–Trinajstić information content (AvgIpc) is 2.30. The first-order valence-electron chi connectivity index (χ1n) is 6.28. The Labute approximate surface area is 106 Å². The monoisotopic (exact) mass is 238 g/mol. The lowest BCUT2D eigenvalue weighted by Gasteiger charge is -2.05. The van der Waals surface area contributed by atoms with Crippen LogP contribution in [-0.4, -0.2) is 18.3 Å². The Balaban J connectivity index is 0.000000437. The summed E-state index contributed by atoms with van der Waals surface area (Å²) in [4.78, 5) is 0. The van der Waals surface area contributed by atoms with Crippen LogP contribution in [0.25, 0.3) is 0 Å². The summed E-state index contributed by atoms with van der Waals surface area (Å²) in [6, 6.07) is 10.3. The Morgan fingerprint density at radius 1 is 1.00 bits per heavy atom. The lowest BCUT2D eigenvalue weighted by Crippen LogP contribution is -2.01. The summed E-state index contributed by atoms with van der Waals surface area (Å²) >= 11 is 0. The van der Waals surface area contributed by atoms with Crippen molar-refractivity contribution in [3.63, 3.8) is 0 Å². The predicted octanol–water partition coefficient (Wildman–Crippen LogP) is 3.49. The Bertz CT molecular complexity index is 255. The second kappa shape index (κ2) is 10.3. The molecule has 2 nitrogen and oxygen atoms in total. The third-order valence-corrected chi connectivity index (χ3v) is 1.93. The van der Waals surface area contributed by atoms with E-state index in [9.17, 15) is 0 Å². The predicted molar refractivity (Wildman–Crippen MR) is 72.9 cm³/mol. The molecule has 0 fully saturated rings. The van der Waals surface area contributed by atoms with Crippen LogP contribution in [0.3, 0.4) is 0 Å². The molecule has 0 saturated heterocycles. The number of aliphatic hydroxyl groups is 1. The van der Waals surface area contributed by atoms with Crippen LogP contribution in [0, 0.1) is 11.8 Å². The number of rotatable bonds is 5. The fraction of sp³-hybridized carbons (Fsp3) is 0.600. The van der Waals surface area contributed by atoms with E-state index in [4.69, 9.17) is 9.84 Å². The van der Waals surface area contributed by atoms with Crippen molar-refractivity contribution in [2.75, 3.05) is 13.2 Å². The molecule has 0 radical (unpaired) electrons. The minimum absolute atomic E-state index is 0.306. The van der Waals surface area contributed by atoms with Gasteiger partial charge in [0.15, 0.2) is 0 Å². The number of hydrogen-bond acceptors (Lipinski definition) is 2. The van der Waals surface area contributed by atoms with Gasteiger partial charge in [-0.15, -0.1) is 0 Å². The van der Waals surface area contributed by atoms with E-state index in [1.54, 1.807) is 0 Å². The molecular formula is C15H26O2. The molecule has 0 saturated carbocycles. The van der Waals surface area contributed by atoms with Crippen LogP contribution in [0.2, 0.25) is 0 Å². The molecule has 1 N–H and O–H groups in total. The van der Waals surface area contributed by atoms with Gasteiger partial charge in [-0.1, -0.05) is 58.0 Å². The molecule has 1 rings (SSSR count). The molecule has 1 aromatic carbocycles. The van der Waals surface area contributed by atoms with Crippen molar-refractivity contribution in [2.45, 2.75) is 34.3 Å². The summed E-state index contributed by atoms with van der Waals surface area (Å²) in [5.74, 6) is 1.06. The SMILES string of the molecule is CC(C)CO.CC(C)COCc1ccccc1. The molecule has 0 unspecified atom stereocenters. The highest BCUT2D eigenvalue weighted by molar-refractivity contribution is 5.13. The Hall–Kier alpha value is -0.860. The first-order valence-corrected chi connectivity index (χ1v) is 6.28. The smallest absolute Gasteiger partial charge is 0.0717 e.